The first-order chi connectivity index (χ1) is 12.9. The van der Waals surface area contributed by atoms with Gasteiger partial charge in [0.05, 0.1) is 11.5 Å². The highest BCUT2D eigenvalue weighted by Gasteiger charge is 2.31. The second kappa shape index (κ2) is 7.98. The van der Waals surface area contributed by atoms with Gasteiger partial charge in [-0.05, 0) is 54.8 Å². The highest BCUT2D eigenvalue weighted by molar-refractivity contribution is 7.89. The number of sulfonamides is 1. The van der Waals surface area contributed by atoms with E-state index in [1.165, 1.54) is 6.07 Å². The van der Waals surface area contributed by atoms with Gasteiger partial charge in [-0.1, -0.05) is 12.1 Å². The van der Waals surface area contributed by atoms with E-state index >= 15 is 0 Å². The molecule has 0 saturated heterocycles. The summed E-state index contributed by atoms with van der Waals surface area (Å²) in [4.78, 5) is 12.0. The number of nitrogen functional groups attached to an aromatic ring is 1. The maximum Gasteiger partial charge on any atom is 0.347 e. The van der Waals surface area contributed by atoms with E-state index in [0.29, 0.717) is 29.8 Å². The highest BCUT2D eigenvalue weighted by atomic mass is 32.2. The number of benzene rings is 2. The summed E-state index contributed by atoms with van der Waals surface area (Å²) in [5.74, 6) is 0.0635. The Morgan fingerprint density at radius 3 is 2.70 bits per heavy atom. The fourth-order valence-corrected chi connectivity index (χ4v) is 3.94. The summed E-state index contributed by atoms with van der Waals surface area (Å²) < 4.78 is 38.1. The summed E-state index contributed by atoms with van der Waals surface area (Å²) in [6.45, 7) is 2.26. The third kappa shape index (κ3) is 4.58. The molecule has 1 heterocycles. The molecule has 7 nitrogen and oxygen atoms in total. The quantitative estimate of drug-likeness (QED) is 0.550. The molecule has 1 atom stereocenters. The molecule has 1 aliphatic rings. The van der Waals surface area contributed by atoms with Crippen LogP contribution in [0, 0.1) is 0 Å². The third-order valence-electron chi connectivity index (χ3n) is 4.25. The van der Waals surface area contributed by atoms with E-state index in [2.05, 4.69) is 4.72 Å². The van der Waals surface area contributed by atoms with Gasteiger partial charge in [0.25, 0.3) is 0 Å². The van der Waals surface area contributed by atoms with Crippen LogP contribution in [0.5, 0.6) is 5.75 Å². The van der Waals surface area contributed by atoms with Crippen LogP contribution in [0.15, 0.2) is 47.4 Å². The molecule has 0 radical (unpaired) electrons. The Hall–Kier alpha value is -2.58. The Labute approximate surface area is 158 Å². The van der Waals surface area contributed by atoms with Crippen molar-refractivity contribution < 1.29 is 22.7 Å². The van der Waals surface area contributed by atoms with Crippen molar-refractivity contribution in [3.05, 3.63) is 53.6 Å². The number of nitrogens with one attached hydrogen (secondary N) is 1. The standard InChI is InChI=1S/C19H22N2O5S/c1-2-25-19(22)18-12-14-11-16(7-8-17(14)26-18)27(23,24)21-10-9-13-3-5-15(20)6-4-13/h3-8,11,18,21H,2,9-10,12,20H2,1H3. The van der Waals surface area contributed by atoms with Gasteiger partial charge in [0.1, 0.15) is 5.75 Å². The molecule has 0 amide bonds. The number of carbonyl (C=O) groups excluding carboxylic acids is 1. The number of hydrogen-bond donors (Lipinski definition) is 2. The zero-order chi connectivity index (χ0) is 19.4. The first-order valence-corrected chi connectivity index (χ1v) is 10.2. The number of rotatable bonds is 7. The van der Waals surface area contributed by atoms with E-state index in [0.717, 1.165) is 5.56 Å². The van der Waals surface area contributed by atoms with Gasteiger partial charge in [-0.2, -0.15) is 0 Å². The molecule has 8 heteroatoms. The van der Waals surface area contributed by atoms with Crippen LogP contribution in [0.25, 0.3) is 0 Å². The summed E-state index contributed by atoms with van der Waals surface area (Å²) in [5.41, 5.74) is 7.97. The highest BCUT2D eigenvalue weighted by Crippen LogP contribution is 2.31. The Bertz CT molecular complexity index is 926. The molecule has 27 heavy (non-hydrogen) atoms. The second-order valence-corrected chi connectivity index (χ2v) is 7.99. The van der Waals surface area contributed by atoms with E-state index in [4.69, 9.17) is 15.2 Å². The van der Waals surface area contributed by atoms with Crippen molar-refractivity contribution in [1.82, 2.24) is 4.72 Å². The lowest BCUT2D eigenvalue weighted by atomic mass is 10.1. The first kappa shape index (κ1) is 19.2. The lowest BCUT2D eigenvalue weighted by Gasteiger charge is -2.09. The van der Waals surface area contributed by atoms with E-state index < -0.39 is 22.1 Å². The topological polar surface area (TPSA) is 108 Å². The zero-order valence-corrected chi connectivity index (χ0v) is 15.8. The normalized spacial score (nSPS) is 15.8. The fraction of sp³-hybridized carbons (Fsp3) is 0.316. The number of esters is 1. The molecular weight excluding hydrogens is 368 g/mol. The molecule has 3 rings (SSSR count). The number of anilines is 1. The van der Waals surface area contributed by atoms with Crippen LogP contribution in [0.4, 0.5) is 5.69 Å². The maximum absolute atomic E-state index is 12.5. The van der Waals surface area contributed by atoms with Gasteiger partial charge >= 0.3 is 5.97 Å². The molecule has 0 aromatic heterocycles. The van der Waals surface area contributed by atoms with Crippen molar-refractivity contribution in [2.75, 3.05) is 18.9 Å². The van der Waals surface area contributed by atoms with Crippen LogP contribution in [-0.2, 0) is 32.4 Å². The van der Waals surface area contributed by atoms with Crippen LogP contribution in [0.1, 0.15) is 18.1 Å². The molecular formula is C19H22N2O5S. The van der Waals surface area contributed by atoms with Gasteiger partial charge in [-0.25, -0.2) is 17.9 Å². The third-order valence-corrected chi connectivity index (χ3v) is 5.71. The summed E-state index contributed by atoms with van der Waals surface area (Å²) >= 11 is 0. The zero-order valence-electron chi connectivity index (χ0n) is 15.0. The number of ether oxygens (including phenoxy) is 2. The van der Waals surface area contributed by atoms with Gasteiger partial charge in [-0.3, -0.25) is 0 Å². The monoisotopic (exact) mass is 390 g/mol. The van der Waals surface area contributed by atoms with Crippen molar-refractivity contribution >= 4 is 21.7 Å². The minimum Gasteiger partial charge on any atom is -0.478 e. The largest absolute Gasteiger partial charge is 0.478 e. The van der Waals surface area contributed by atoms with Crippen molar-refractivity contribution in [2.24, 2.45) is 0 Å². The Kier molecular flexibility index (Phi) is 5.67. The molecule has 144 valence electrons. The Morgan fingerprint density at radius 1 is 1.26 bits per heavy atom. The summed E-state index contributed by atoms with van der Waals surface area (Å²) in [7, 11) is -3.65. The van der Waals surface area contributed by atoms with Crippen LogP contribution in [0.2, 0.25) is 0 Å². The number of carbonyl (C=O) groups is 1. The van der Waals surface area contributed by atoms with Gasteiger partial charge in [0.2, 0.25) is 10.0 Å². The van der Waals surface area contributed by atoms with Crippen molar-refractivity contribution in [3.8, 4) is 5.75 Å². The molecule has 0 bridgehead atoms. The predicted molar refractivity (Wildman–Crippen MR) is 101 cm³/mol. The minimum atomic E-state index is -3.65. The Morgan fingerprint density at radius 2 is 2.00 bits per heavy atom. The average molecular weight is 390 g/mol. The molecule has 2 aromatic rings. The van der Waals surface area contributed by atoms with E-state index in [9.17, 15) is 13.2 Å². The van der Waals surface area contributed by atoms with Crippen molar-refractivity contribution in [2.45, 2.75) is 30.8 Å². The maximum atomic E-state index is 12.5. The fourth-order valence-electron chi connectivity index (χ4n) is 2.86. The van der Waals surface area contributed by atoms with E-state index in [1.807, 2.05) is 12.1 Å². The van der Waals surface area contributed by atoms with Crippen molar-refractivity contribution in [1.29, 1.82) is 0 Å². The van der Waals surface area contributed by atoms with Crippen molar-refractivity contribution in [3.63, 3.8) is 0 Å². The van der Waals surface area contributed by atoms with Gasteiger partial charge in [0.15, 0.2) is 6.10 Å². The summed E-state index contributed by atoms with van der Waals surface area (Å²) in [5, 5.41) is 0. The first-order valence-electron chi connectivity index (χ1n) is 8.69. The van der Waals surface area contributed by atoms with Crippen LogP contribution >= 0.6 is 0 Å². The predicted octanol–water partition coefficient (Wildman–Crippen LogP) is 1.66. The Balaban J connectivity index is 1.63. The lowest BCUT2D eigenvalue weighted by Crippen LogP contribution is -2.27. The molecule has 0 spiro atoms. The molecule has 0 fully saturated rings. The second-order valence-electron chi connectivity index (χ2n) is 6.22. The number of hydrogen-bond acceptors (Lipinski definition) is 6. The van der Waals surface area contributed by atoms with Gasteiger partial charge in [0, 0.05) is 18.7 Å². The van der Waals surface area contributed by atoms with Crippen LogP contribution in [0.3, 0.4) is 0 Å². The average Bonchev–Trinajstić information content (AvgIpc) is 3.07. The number of fused-ring (bicyclic) bond motifs is 1. The molecule has 0 aliphatic carbocycles. The molecule has 1 aliphatic heterocycles. The van der Waals surface area contributed by atoms with E-state index in [-0.39, 0.29) is 18.0 Å². The van der Waals surface area contributed by atoms with Gasteiger partial charge < -0.3 is 15.2 Å². The molecule has 0 saturated carbocycles. The summed E-state index contributed by atoms with van der Waals surface area (Å²) in [6.07, 6.45) is 0.123. The molecule has 3 N–H and O–H groups in total. The molecule has 1 unspecified atom stereocenters. The lowest BCUT2D eigenvalue weighted by molar-refractivity contribution is -0.150. The summed E-state index contributed by atoms with van der Waals surface area (Å²) in [6, 6.07) is 11.9. The minimum absolute atomic E-state index is 0.145. The molecule has 2 aromatic carbocycles. The van der Waals surface area contributed by atoms with Gasteiger partial charge in [-0.15, -0.1) is 0 Å². The SMILES string of the molecule is CCOC(=O)C1Cc2cc(S(=O)(=O)NCCc3ccc(N)cc3)ccc2O1. The van der Waals surface area contributed by atoms with Crippen LogP contribution < -0.4 is 15.2 Å². The van der Waals surface area contributed by atoms with E-state index in [1.54, 1.807) is 31.2 Å². The smallest absolute Gasteiger partial charge is 0.347 e. The van der Waals surface area contributed by atoms with Crippen LogP contribution in [-0.4, -0.2) is 33.6 Å². The number of nitrogens with two attached hydrogens (primary N) is 1.